The van der Waals surface area contributed by atoms with Crippen molar-refractivity contribution in [2.75, 3.05) is 11.9 Å². The molecule has 0 aromatic heterocycles. The molecule has 102 valence electrons. The van der Waals surface area contributed by atoms with Crippen LogP contribution in [0.25, 0.3) is 0 Å². The SMILES string of the molecule is CCN(C(C)C)C(C)C(=O)Nc1ccccc1C#N. The van der Waals surface area contributed by atoms with Crippen LogP contribution in [0.4, 0.5) is 5.69 Å². The highest BCUT2D eigenvalue weighted by molar-refractivity contribution is 5.95. The molecular weight excluding hydrogens is 238 g/mol. The van der Waals surface area contributed by atoms with Crippen molar-refractivity contribution in [3.63, 3.8) is 0 Å². The Morgan fingerprint density at radius 2 is 2.00 bits per heavy atom. The van der Waals surface area contributed by atoms with Crippen LogP contribution in [-0.4, -0.2) is 29.4 Å². The summed E-state index contributed by atoms with van der Waals surface area (Å²) in [4.78, 5) is 14.3. The number of rotatable bonds is 5. The Bertz CT molecular complexity index is 477. The lowest BCUT2D eigenvalue weighted by Crippen LogP contribution is -2.45. The molecule has 4 heteroatoms. The molecule has 0 radical (unpaired) electrons. The molecule has 0 saturated carbocycles. The number of amides is 1. The molecule has 0 aliphatic carbocycles. The molecule has 0 fully saturated rings. The number of para-hydroxylation sites is 1. The van der Waals surface area contributed by atoms with Gasteiger partial charge in [0, 0.05) is 6.04 Å². The van der Waals surface area contributed by atoms with Crippen molar-refractivity contribution in [3.05, 3.63) is 29.8 Å². The fourth-order valence-electron chi connectivity index (χ4n) is 2.16. The van der Waals surface area contributed by atoms with Crippen LogP contribution in [0.2, 0.25) is 0 Å². The van der Waals surface area contributed by atoms with E-state index >= 15 is 0 Å². The number of nitriles is 1. The van der Waals surface area contributed by atoms with Crippen LogP contribution in [0.1, 0.15) is 33.3 Å². The molecule has 1 amide bonds. The maximum Gasteiger partial charge on any atom is 0.241 e. The molecule has 1 aromatic carbocycles. The first-order valence-electron chi connectivity index (χ1n) is 6.57. The van der Waals surface area contributed by atoms with Crippen LogP contribution in [0.3, 0.4) is 0 Å². The third kappa shape index (κ3) is 3.80. The monoisotopic (exact) mass is 259 g/mol. The summed E-state index contributed by atoms with van der Waals surface area (Å²) in [5.74, 6) is -0.0850. The van der Waals surface area contributed by atoms with E-state index in [1.807, 2.05) is 13.8 Å². The molecule has 0 aliphatic heterocycles. The number of likely N-dealkylation sites (N-methyl/N-ethyl adjacent to an activating group) is 1. The van der Waals surface area contributed by atoms with Crippen LogP contribution in [0, 0.1) is 11.3 Å². The number of nitrogens with one attached hydrogen (secondary N) is 1. The van der Waals surface area contributed by atoms with Crippen molar-refractivity contribution < 1.29 is 4.79 Å². The first-order valence-corrected chi connectivity index (χ1v) is 6.57. The van der Waals surface area contributed by atoms with Gasteiger partial charge < -0.3 is 5.32 Å². The van der Waals surface area contributed by atoms with E-state index in [2.05, 4.69) is 30.1 Å². The molecule has 1 atom stereocenters. The number of hydrogen-bond donors (Lipinski definition) is 1. The Balaban J connectivity index is 2.82. The highest BCUT2D eigenvalue weighted by Crippen LogP contribution is 2.15. The Kier molecular flexibility index (Phi) is 5.53. The molecule has 0 heterocycles. The third-order valence-corrected chi connectivity index (χ3v) is 3.21. The summed E-state index contributed by atoms with van der Waals surface area (Å²) < 4.78 is 0. The van der Waals surface area contributed by atoms with Gasteiger partial charge in [0.15, 0.2) is 0 Å². The number of carbonyl (C=O) groups excluding carboxylic acids is 1. The van der Waals surface area contributed by atoms with E-state index in [4.69, 9.17) is 5.26 Å². The first kappa shape index (κ1) is 15.2. The Morgan fingerprint density at radius 1 is 1.37 bits per heavy atom. The van der Waals surface area contributed by atoms with Crippen molar-refractivity contribution in [1.29, 1.82) is 5.26 Å². The fraction of sp³-hybridized carbons (Fsp3) is 0.467. The van der Waals surface area contributed by atoms with Crippen LogP contribution in [0.5, 0.6) is 0 Å². The number of nitrogens with zero attached hydrogens (tertiary/aromatic N) is 2. The second kappa shape index (κ2) is 6.91. The summed E-state index contributed by atoms with van der Waals surface area (Å²) in [5, 5.41) is 11.8. The molecule has 1 unspecified atom stereocenters. The normalized spacial score (nSPS) is 12.3. The van der Waals surface area contributed by atoms with E-state index in [-0.39, 0.29) is 11.9 Å². The van der Waals surface area contributed by atoms with E-state index in [0.717, 1.165) is 6.54 Å². The lowest BCUT2D eigenvalue weighted by atomic mass is 10.1. The van der Waals surface area contributed by atoms with Crippen molar-refractivity contribution in [1.82, 2.24) is 4.90 Å². The van der Waals surface area contributed by atoms with Crippen molar-refractivity contribution >= 4 is 11.6 Å². The predicted octanol–water partition coefficient (Wildman–Crippen LogP) is 2.62. The van der Waals surface area contributed by atoms with Gasteiger partial charge in [-0.15, -0.1) is 0 Å². The standard InChI is InChI=1S/C15H21N3O/c1-5-18(11(2)3)12(4)15(19)17-14-9-7-6-8-13(14)10-16/h6-9,11-12H,5H2,1-4H3,(H,17,19). The minimum atomic E-state index is -0.225. The molecule has 4 nitrogen and oxygen atoms in total. The zero-order valence-corrected chi connectivity index (χ0v) is 12.0. The van der Waals surface area contributed by atoms with E-state index in [0.29, 0.717) is 17.3 Å². The quantitative estimate of drug-likeness (QED) is 0.884. The second-order valence-electron chi connectivity index (χ2n) is 4.75. The molecule has 1 N–H and O–H groups in total. The maximum atomic E-state index is 12.2. The zero-order chi connectivity index (χ0) is 14.4. The molecule has 0 aliphatic rings. The first-order chi connectivity index (χ1) is 9.01. The maximum absolute atomic E-state index is 12.2. The smallest absolute Gasteiger partial charge is 0.241 e. The molecule has 0 saturated heterocycles. The number of carbonyl (C=O) groups is 1. The fourth-order valence-corrected chi connectivity index (χ4v) is 2.16. The van der Waals surface area contributed by atoms with Crippen LogP contribution < -0.4 is 5.32 Å². The van der Waals surface area contributed by atoms with E-state index < -0.39 is 0 Å². The zero-order valence-electron chi connectivity index (χ0n) is 12.0. The van der Waals surface area contributed by atoms with Gasteiger partial charge in [-0.1, -0.05) is 19.1 Å². The van der Waals surface area contributed by atoms with Gasteiger partial charge in [-0.05, 0) is 39.4 Å². The van der Waals surface area contributed by atoms with Gasteiger partial charge in [-0.25, -0.2) is 0 Å². The van der Waals surface area contributed by atoms with Crippen molar-refractivity contribution in [3.8, 4) is 6.07 Å². The summed E-state index contributed by atoms with van der Waals surface area (Å²) in [6.07, 6.45) is 0. The van der Waals surface area contributed by atoms with Gasteiger partial charge in [-0.3, -0.25) is 9.69 Å². The van der Waals surface area contributed by atoms with Crippen LogP contribution >= 0.6 is 0 Å². The van der Waals surface area contributed by atoms with Crippen molar-refractivity contribution in [2.24, 2.45) is 0 Å². The van der Waals surface area contributed by atoms with Crippen LogP contribution in [0.15, 0.2) is 24.3 Å². The van der Waals surface area contributed by atoms with E-state index in [1.54, 1.807) is 24.3 Å². The lowest BCUT2D eigenvalue weighted by molar-refractivity contribution is -0.121. The number of benzene rings is 1. The summed E-state index contributed by atoms with van der Waals surface area (Å²) in [5.41, 5.74) is 1.05. The number of hydrogen-bond acceptors (Lipinski definition) is 3. The topological polar surface area (TPSA) is 56.1 Å². The molecular formula is C15H21N3O. The van der Waals surface area contributed by atoms with Gasteiger partial charge in [0.05, 0.1) is 17.3 Å². The molecule has 0 spiro atoms. The van der Waals surface area contributed by atoms with Gasteiger partial charge in [0.25, 0.3) is 0 Å². The Hall–Kier alpha value is -1.86. The minimum absolute atomic E-state index is 0.0850. The summed E-state index contributed by atoms with van der Waals surface area (Å²) in [6, 6.07) is 9.18. The average molecular weight is 259 g/mol. The predicted molar refractivity (Wildman–Crippen MR) is 76.8 cm³/mol. The Morgan fingerprint density at radius 3 is 2.53 bits per heavy atom. The van der Waals surface area contributed by atoms with Gasteiger partial charge in [0.2, 0.25) is 5.91 Å². The van der Waals surface area contributed by atoms with Crippen molar-refractivity contribution in [2.45, 2.75) is 39.8 Å². The van der Waals surface area contributed by atoms with Crippen LogP contribution in [-0.2, 0) is 4.79 Å². The number of anilines is 1. The molecule has 1 rings (SSSR count). The molecule has 19 heavy (non-hydrogen) atoms. The summed E-state index contributed by atoms with van der Waals surface area (Å²) in [7, 11) is 0. The molecule has 1 aromatic rings. The van der Waals surface area contributed by atoms with E-state index in [9.17, 15) is 4.79 Å². The van der Waals surface area contributed by atoms with Gasteiger partial charge >= 0.3 is 0 Å². The molecule has 0 bridgehead atoms. The van der Waals surface area contributed by atoms with Gasteiger partial charge in [0.1, 0.15) is 6.07 Å². The third-order valence-electron chi connectivity index (χ3n) is 3.21. The average Bonchev–Trinajstić information content (AvgIpc) is 2.39. The van der Waals surface area contributed by atoms with E-state index in [1.165, 1.54) is 0 Å². The largest absolute Gasteiger partial charge is 0.324 e. The second-order valence-corrected chi connectivity index (χ2v) is 4.75. The minimum Gasteiger partial charge on any atom is -0.324 e. The Labute approximate surface area is 115 Å². The summed E-state index contributed by atoms with van der Waals surface area (Å²) >= 11 is 0. The van der Waals surface area contributed by atoms with Gasteiger partial charge in [-0.2, -0.15) is 5.26 Å². The highest BCUT2D eigenvalue weighted by Gasteiger charge is 2.22. The summed E-state index contributed by atoms with van der Waals surface area (Å²) in [6.45, 7) is 8.86. The lowest BCUT2D eigenvalue weighted by Gasteiger charge is -2.30. The highest BCUT2D eigenvalue weighted by atomic mass is 16.2.